The van der Waals surface area contributed by atoms with E-state index in [4.69, 9.17) is 13.9 Å². The molecule has 0 saturated carbocycles. The van der Waals surface area contributed by atoms with Gasteiger partial charge in [-0.1, -0.05) is 36.4 Å². The number of para-hydroxylation sites is 1. The number of hydrogen-bond donors (Lipinski definition) is 1. The monoisotopic (exact) mass is 491 g/mol. The number of benzene rings is 3. The lowest BCUT2D eigenvalue weighted by atomic mass is 10.1. The molecule has 35 heavy (non-hydrogen) atoms. The molecule has 9 heteroatoms. The second kappa shape index (κ2) is 8.61. The van der Waals surface area contributed by atoms with Crippen molar-refractivity contribution in [2.24, 2.45) is 0 Å². The van der Waals surface area contributed by atoms with Crippen molar-refractivity contribution < 1.29 is 32.2 Å². The van der Waals surface area contributed by atoms with Crippen molar-refractivity contribution in [3.05, 3.63) is 95.9 Å². The first-order chi connectivity index (χ1) is 16.9. The van der Waals surface area contributed by atoms with Crippen LogP contribution in [0.15, 0.2) is 88.2 Å². The number of fused-ring (bicyclic) bond motifs is 2. The summed E-state index contributed by atoms with van der Waals surface area (Å²) >= 11 is 0. The Hall–Kier alpha value is -4.08. The highest BCUT2D eigenvalue weighted by atomic mass is 32.2. The summed E-state index contributed by atoms with van der Waals surface area (Å²) in [7, 11) is -1.61. The van der Waals surface area contributed by atoms with Gasteiger partial charge >= 0.3 is 5.97 Å². The largest absolute Gasteiger partial charge is 0.497 e. The van der Waals surface area contributed by atoms with Gasteiger partial charge in [0.1, 0.15) is 17.1 Å². The van der Waals surface area contributed by atoms with Gasteiger partial charge in [0.05, 0.1) is 35.9 Å². The third-order valence-electron chi connectivity index (χ3n) is 5.81. The lowest BCUT2D eigenvalue weighted by Gasteiger charge is -2.16. The van der Waals surface area contributed by atoms with E-state index in [0.717, 1.165) is 9.36 Å². The number of aliphatic hydroxyl groups is 1. The average Bonchev–Trinajstić information content (AvgIpc) is 3.47. The second-order valence-electron chi connectivity index (χ2n) is 7.81. The fourth-order valence-electron chi connectivity index (χ4n) is 4.18. The van der Waals surface area contributed by atoms with Gasteiger partial charge in [0.25, 0.3) is 10.0 Å². The number of aromatic nitrogens is 1. The Labute approximate surface area is 201 Å². The smallest absolute Gasteiger partial charge is 0.340 e. The molecule has 8 nitrogen and oxygen atoms in total. The van der Waals surface area contributed by atoms with Crippen LogP contribution in [0.3, 0.4) is 0 Å². The molecular formula is C26H21NO7S. The van der Waals surface area contributed by atoms with E-state index >= 15 is 0 Å². The molecule has 1 unspecified atom stereocenters. The van der Waals surface area contributed by atoms with E-state index in [1.165, 1.54) is 38.5 Å². The Morgan fingerprint density at radius 1 is 0.971 bits per heavy atom. The molecule has 5 aromatic rings. The minimum Gasteiger partial charge on any atom is -0.497 e. The first-order valence-corrected chi connectivity index (χ1v) is 12.1. The molecule has 2 heterocycles. The zero-order chi connectivity index (χ0) is 24.7. The molecule has 1 N–H and O–H groups in total. The maximum absolute atomic E-state index is 13.9. The summed E-state index contributed by atoms with van der Waals surface area (Å²) < 4.78 is 44.9. The molecule has 5 rings (SSSR count). The zero-order valence-electron chi connectivity index (χ0n) is 18.8. The molecule has 0 fully saturated rings. The molecule has 0 saturated heterocycles. The summed E-state index contributed by atoms with van der Waals surface area (Å²) in [5.41, 5.74) is 0.397. The highest BCUT2D eigenvalue weighted by Gasteiger charge is 2.35. The van der Waals surface area contributed by atoms with Gasteiger partial charge in [0, 0.05) is 10.8 Å². The van der Waals surface area contributed by atoms with Crippen LogP contribution in [0.2, 0.25) is 0 Å². The highest BCUT2D eigenvalue weighted by molar-refractivity contribution is 7.90. The van der Waals surface area contributed by atoms with Crippen molar-refractivity contribution in [2.75, 3.05) is 14.2 Å². The Kier molecular flexibility index (Phi) is 5.58. The summed E-state index contributed by atoms with van der Waals surface area (Å²) in [4.78, 5) is 13.0. The molecule has 3 aromatic carbocycles. The van der Waals surface area contributed by atoms with Crippen LogP contribution in [0.5, 0.6) is 5.75 Å². The standard InChI is InChI=1S/C26H21NO7S/c1-32-17-12-13-20-19(15-17)23(26(29)33-2)24(27(20)35(30,31)18-9-4-3-5-10-18)25(28)22-14-16-8-6-7-11-21(16)34-22/h3-15,25,28H,1-2H3. The molecule has 0 aliphatic rings. The first-order valence-electron chi connectivity index (χ1n) is 10.6. The first kappa shape index (κ1) is 22.7. The maximum atomic E-state index is 13.9. The number of rotatable bonds is 6. The van der Waals surface area contributed by atoms with Crippen LogP contribution in [-0.2, 0) is 14.8 Å². The van der Waals surface area contributed by atoms with E-state index in [1.807, 2.05) is 6.07 Å². The van der Waals surface area contributed by atoms with Crippen LogP contribution in [0.4, 0.5) is 0 Å². The maximum Gasteiger partial charge on any atom is 0.340 e. The number of nitrogens with zero attached hydrogens (tertiary/aromatic N) is 1. The summed E-state index contributed by atoms with van der Waals surface area (Å²) in [6.07, 6.45) is -1.60. The number of esters is 1. The number of carbonyl (C=O) groups is 1. The Bertz CT molecular complexity index is 1630. The summed E-state index contributed by atoms with van der Waals surface area (Å²) in [5, 5.41) is 12.5. The third kappa shape index (κ3) is 3.65. The molecule has 0 bridgehead atoms. The van der Waals surface area contributed by atoms with Crippen LogP contribution in [0.1, 0.15) is 27.9 Å². The van der Waals surface area contributed by atoms with E-state index < -0.39 is 22.1 Å². The summed E-state index contributed by atoms with van der Waals surface area (Å²) in [5.74, 6) is -0.326. The molecule has 1 atom stereocenters. The molecular weight excluding hydrogens is 470 g/mol. The van der Waals surface area contributed by atoms with Gasteiger partial charge in [-0.25, -0.2) is 17.2 Å². The average molecular weight is 492 g/mol. The second-order valence-corrected chi connectivity index (χ2v) is 9.59. The van der Waals surface area contributed by atoms with E-state index in [2.05, 4.69) is 0 Å². The SMILES string of the molecule is COC(=O)c1c(C(O)c2cc3ccccc3o2)n(S(=O)(=O)c2ccccc2)c2ccc(OC)cc12. The molecule has 0 aliphatic heterocycles. The van der Waals surface area contributed by atoms with Crippen LogP contribution >= 0.6 is 0 Å². The van der Waals surface area contributed by atoms with E-state index in [9.17, 15) is 18.3 Å². The molecule has 0 radical (unpaired) electrons. The predicted molar refractivity (Wildman–Crippen MR) is 129 cm³/mol. The summed E-state index contributed by atoms with van der Waals surface area (Å²) in [6, 6.07) is 21.2. The van der Waals surface area contributed by atoms with E-state index in [0.29, 0.717) is 11.3 Å². The van der Waals surface area contributed by atoms with Gasteiger partial charge in [-0.3, -0.25) is 0 Å². The molecule has 0 amide bonds. The number of ether oxygens (including phenoxy) is 2. The van der Waals surface area contributed by atoms with Gasteiger partial charge in [-0.15, -0.1) is 0 Å². The highest BCUT2D eigenvalue weighted by Crippen LogP contribution is 2.39. The number of aliphatic hydroxyl groups excluding tert-OH is 1. The van der Waals surface area contributed by atoms with Crippen molar-refractivity contribution in [1.82, 2.24) is 3.97 Å². The van der Waals surface area contributed by atoms with E-state index in [-0.39, 0.29) is 32.8 Å². The Morgan fingerprint density at radius 3 is 2.37 bits per heavy atom. The molecule has 2 aromatic heterocycles. The number of carbonyl (C=O) groups excluding carboxylic acids is 1. The van der Waals surface area contributed by atoms with Crippen molar-refractivity contribution in [3.63, 3.8) is 0 Å². The van der Waals surface area contributed by atoms with Gasteiger partial charge in [0.15, 0.2) is 6.10 Å². The van der Waals surface area contributed by atoms with Gasteiger partial charge in [-0.2, -0.15) is 0 Å². The fourth-order valence-corrected chi connectivity index (χ4v) is 5.76. The summed E-state index contributed by atoms with van der Waals surface area (Å²) in [6.45, 7) is 0. The number of methoxy groups -OCH3 is 2. The minimum absolute atomic E-state index is 0.0119. The topological polar surface area (TPSA) is 108 Å². The van der Waals surface area contributed by atoms with Crippen molar-refractivity contribution in [1.29, 1.82) is 0 Å². The lowest BCUT2D eigenvalue weighted by Crippen LogP contribution is -2.20. The van der Waals surface area contributed by atoms with Crippen molar-refractivity contribution in [3.8, 4) is 5.75 Å². The Morgan fingerprint density at radius 2 is 1.69 bits per heavy atom. The Balaban J connectivity index is 1.89. The third-order valence-corrected chi connectivity index (χ3v) is 7.55. The van der Waals surface area contributed by atoms with Crippen molar-refractivity contribution >= 4 is 37.9 Å². The van der Waals surface area contributed by atoms with E-state index in [1.54, 1.807) is 48.5 Å². The van der Waals surface area contributed by atoms with Gasteiger partial charge in [0.2, 0.25) is 0 Å². The van der Waals surface area contributed by atoms with Crippen LogP contribution in [0.25, 0.3) is 21.9 Å². The van der Waals surface area contributed by atoms with Gasteiger partial charge < -0.3 is 19.0 Å². The molecule has 0 spiro atoms. The van der Waals surface area contributed by atoms with Gasteiger partial charge in [-0.05, 0) is 42.5 Å². The minimum atomic E-state index is -4.25. The zero-order valence-corrected chi connectivity index (χ0v) is 19.7. The quantitative estimate of drug-likeness (QED) is 0.348. The predicted octanol–water partition coefficient (Wildman–Crippen LogP) is 4.50. The lowest BCUT2D eigenvalue weighted by molar-refractivity contribution is 0.0596. The molecule has 178 valence electrons. The molecule has 0 aliphatic carbocycles. The number of furan rings is 1. The van der Waals surface area contributed by atoms with Crippen LogP contribution < -0.4 is 4.74 Å². The normalized spacial score (nSPS) is 12.7. The fraction of sp³-hybridized carbons (Fsp3) is 0.115. The van der Waals surface area contributed by atoms with Crippen molar-refractivity contribution in [2.45, 2.75) is 11.0 Å². The number of hydrogen-bond acceptors (Lipinski definition) is 7. The van der Waals surface area contributed by atoms with Crippen LogP contribution in [0, 0.1) is 0 Å². The van der Waals surface area contributed by atoms with Crippen LogP contribution in [-0.4, -0.2) is 37.7 Å².